The molecule has 1 heterocycles. The van der Waals surface area contributed by atoms with E-state index in [1.165, 1.54) is 4.31 Å². The number of hydrogen-bond acceptors (Lipinski definition) is 5. The molecule has 0 atom stereocenters. The lowest BCUT2D eigenvalue weighted by molar-refractivity contribution is 0.158. The number of nitrogens with zero attached hydrogens (tertiary/aromatic N) is 1. The number of anilines is 1. The number of hydrogen-bond donors (Lipinski definition) is 2. The second kappa shape index (κ2) is 5.68. The van der Waals surface area contributed by atoms with Gasteiger partial charge in [-0.1, -0.05) is 6.07 Å². The van der Waals surface area contributed by atoms with Crippen molar-refractivity contribution in [3.63, 3.8) is 0 Å². The van der Waals surface area contributed by atoms with Gasteiger partial charge in [-0.3, -0.25) is 0 Å². The van der Waals surface area contributed by atoms with Crippen molar-refractivity contribution in [2.45, 2.75) is 19.9 Å². The molecule has 0 bridgehead atoms. The SMILES string of the molecule is CCOC(=O)NS(=O)(=O)N1CCc2ccc(N)cc2C1. The van der Waals surface area contributed by atoms with Crippen molar-refractivity contribution in [3.05, 3.63) is 29.3 Å². The minimum absolute atomic E-state index is 0.112. The zero-order valence-corrected chi connectivity index (χ0v) is 11.9. The van der Waals surface area contributed by atoms with Crippen LogP contribution in [0.3, 0.4) is 0 Å². The average Bonchev–Trinajstić information content (AvgIpc) is 2.37. The van der Waals surface area contributed by atoms with Crippen molar-refractivity contribution in [2.75, 3.05) is 18.9 Å². The summed E-state index contributed by atoms with van der Waals surface area (Å²) in [4.78, 5) is 11.2. The number of amides is 1. The molecule has 1 aromatic rings. The van der Waals surface area contributed by atoms with Gasteiger partial charge in [0.15, 0.2) is 0 Å². The maximum atomic E-state index is 12.0. The minimum atomic E-state index is -3.89. The normalized spacial score (nSPS) is 15.4. The van der Waals surface area contributed by atoms with Crippen molar-refractivity contribution in [1.29, 1.82) is 0 Å². The van der Waals surface area contributed by atoms with E-state index in [0.717, 1.165) is 11.1 Å². The molecule has 8 heteroatoms. The van der Waals surface area contributed by atoms with E-state index in [9.17, 15) is 13.2 Å². The largest absolute Gasteiger partial charge is 0.449 e. The molecule has 0 saturated carbocycles. The van der Waals surface area contributed by atoms with E-state index in [2.05, 4.69) is 4.74 Å². The lowest BCUT2D eigenvalue weighted by atomic mass is 10.0. The van der Waals surface area contributed by atoms with E-state index in [-0.39, 0.29) is 13.2 Å². The van der Waals surface area contributed by atoms with E-state index >= 15 is 0 Å². The number of rotatable bonds is 3. The highest BCUT2D eigenvalue weighted by Crippen LogP contribution is 2.22. The van der Waals surface area contributed by atoms with Gasteiger partial charge in [0.2, 0.25) is 0 Å². The summed E-state index contributed by atoms with van der Waals surface area (Å²) in [5, 5.41) is 0. The van der Waals surface area contributed by atoms with Crippen molar-refractivity contribution >= 4 is 22.0 Å². The molecule has 1 aromatic carbocycles. The highest BCUT2D eigenvalue weighted by Gasteiger charge is 2.28. The lowest BCUT2D eigenvalue weighted by Crippen LogP contribution is -2.45. The first-order valence-corrected chi connectivity index (χ1v) is 7.68. The fraction of sp³-hybridized carbons (Fsp3) is 0.417. The summed E-state index contributed by atoms with van der Waals surface area (Å²) >= 11 is 0. The summed E-state index contributed by atoms with van der Waals surface area (Å²) in [6, 6.07) is 5.44. The standard InChI is InChI=1S/C12H17N3O4S/c1-2-19-12(16)14-20(17,18)15-6-5-9-3-4-11(13)7-10(9)8-15/h3-4,7H,2,5-6,8,13H2,1H3,(H,14,16). The van der Waals surface area contributed by atoms with Crippen molar-refractivity contribution in [2.24, 2.45) is 0 Å². The third-order valence-corrected chi connectivity index (χ3v) is 4.45. The molecular weight excluding hydrogens is 282 g/mol. The summed E-state index contributed by atoms with van der Waals surface area (Å²) in [5.41, 5.74) is 8.21. The zero-order chi connectivity index (χ0) is 14.8. The molecule has 3 N–H and O–H groups in total. The fourth-order valence-electron chi connectivity index (χ4n) is 2.09. The van der Waals surface area contributed by atoms with Crippen LogP contribution in [0, 0.1) is 0 Å². The molecule has 0 aliphatic carbocycles. The monoisotopic (exact) mass is 299 g/mol. The third-order valence-electron chi connectivity index (χ3n) is 3.04. The predicted octanol–water partition coefficient (Wildman–Crippen LogP) is 0.618. The van der Waals surface area contributed by atoms with Gasteiger partial charge in [0, 0.05) is 18.8 Å². The number of benzene rings is 1. The number of ether oxygens (including phenoxy) is 1. The van der Waals surface area contributed by atoms with Crippen LogP contribution in [0.25, 0.3) is 0 Å². The van der Waals surface area contributed by atoms with Crippen LogP contribution in [-0.2, 0) is 27.9 Å². The highest BCUT2D eigenvalue weighted by atomic mass is 32.2. The molecule has 1 aliphatic rings. The average molecular weight is 299 g/mol. The Morgan fingerprint density at radius 3 is 2.90 bits per heavy atom. The van der Waals surface area contributed by atoms with Crippen LogP contribution in [0.2, 0.25) is 0 Å². The first-order valence-electron chi connectivity index (χ1n) is 6.24. The molecular formula is C12H17N3O4S. The smallest absolute Gasteiger partial charge is 0.421 e. The summed E-state index contributed by atoms with van der Waals surface area (Å²) in [6.07, 6.45) is -0.384. The fourth-order valence-corrected chi connectivity index (χ4v) is 3.13. The van der Waals surface area contributed by atoms with E-state index in [1.54, 1.807) is 19.1 Å². The van der Waals surface area contributed by atoms with Crippen LogP contribution in [-0.4, -0.2) is 32.0 Å². The Kier molecular flexibility index (Phi) is 4.15. The maximum absolute atomic E-state index is 12.0. The number of carbonyl (C=O) groups excluding carboxylic acids is 1. The van der Waals surface area contributed by atoms with Gasteiger partial charge in [-0.2, -0.15) is 12.7 Å². The molecule has 20 heavy (non-hydrogen) atoms. The Labute approximate surface area is 117 Å². The Hall–Kier alpha value is -1.80. The molecule has 0 spiro atoms. The van der Waals surface area contributed by atoms with E-state index < -0.39 is 16.3 Å². The molecule has 0 fully saturated rings. The van der Waals surface area contributed by atoms with Crippen molar-refractivity contribution in [3.8, 4) is 0 Å². The molecule has 1 aliphatic heterocycles. The quantitative estimate of drug-likeness (QED) is 0.797. The minimum Gasteiger partial charge on any atom is -0.449 e. The van der Waals surface area contributed by atoms with Crippen molar-refractivity contribution in [1.82, 2.24) is 9.03 Å². The second-order valence-corrected chi connectivity index (χ2v) is 6.11. The summed E-state index contributed by atoms with van der Waals surface area (Å²) in [6.45, 7) is 2.22. The van der Waals surface area contributed by atoms with Crippen LogP contribution in [0.15, 0.2) is 18.2 Å². The second-order valence-electron chi connectivity index (χ2n) is 4.44. The summed E-state index contributed by atoms with van der Waals surface area (Å²) in [5.74, 6) is 0. The third kappa shape index (κ3) is 3.20. The van der Waals surface area contributed by atoms with Crippen LogP contribution >= 0.6 is 0 Å². The van der Waals surface area contributed by atoms with Gasteiger partial charge in [-0.25, -0.2) is 9.52 Å². The van der Waals surface area contributed by atoms with Gasteiger partial charge in [-0.15, -0.1) is 0 Å². The number of nitrogens with one attached hydrogen (secondary N) is 1. The molecule has 0 radical (unpaired) electrons. The van der Waals surface area contributed by atoms with E-state index in [1.807, 2.05) is 10.8 Å². The molecule has 1 amide bonds. The number of carbonyl (C=O) groups is 1. The molecule has 7 nitrogen and oxygen atoms in total. The molecule has 2 rings (SSSR count). The van der Waals surface area contributed by atoms with Gasteiger partial charge in [0.1, 0.15) is 0 Å². The lowest BCUT2D eigenvalue weighted by Gasteiger charge is -2.27. The Bertz CT molecular complexity index is 615. The predicted molar refractivity (Wildman–Crippen MR) is 74.0 cm³/mol. The zero-order valence-electron chi connectivity index (χ0n) is 11.1. The Morgan fingerprint density at radius 2 is 2.20 bits per heavy atom. The van der Waals surface area contributed by atoms with E-state index in [0.29, 0.717) is 18.7 Å². The van der Waals surface area contributed by atoms with Crippen LogP contribution in [0.1, 0.15) is 18.1 Å². The summed E-state index contributed by atoms with van der Waals surface area (Å²) < 4.78 is 31.8. The Morgan fingerprint density at radius 1 is 1.45 bits per heavy atom. The molecule has 0 unspecified atom stereocenters. The van der Waals surface area contributed by atoms with Crippen LogP contribution in [0.4, 0.5) is 10.5 Å². The number of nitrogens with two attached hydrogens (primary N) is 1. The van der Waals surface area contributed by atoms with Gasteiger partial charge in [0.05, 0.1) is 6.61 Å². The Balaban J connectivity index is 2.13. The topological polar surface area (TPSA) is 102 Å². The van der Waals surface area contributed by atoms with Gasteiger partial charge in [-0.05, 0) is 36.6 Å². The molecule has 0 aromatic heterocycles. The number of fused-ring (bicyclic) bond motifs is 1. The van der Waals surface area contributed by atoms with Crippen LogP contribution in [0.5, 0.6) is 0 Å². The maximum Gasteiger partial charge on any atom is 0.421 e. The first kappa shape index (κ1) is 14.6. The highest BCUT2D eigenvalue weighted by molar-refractivity contribution is 7.87. The van der Waals surface area contributed by atoms with Crippen molar-refractivity contribution < 1.29 is 17.9 Å². The molecule has 0 saturated heterocycles. The van der Waals surface area contributed by atoms with Gasteiger partial charge < -0.3 is 10.5 Å². The van der Waals surface area contributed by atoms with E-state index in [4.69, 9.17) is 5.73 Å². The van der Waals surface area contributed by atoms with Gasteiger partial charge in [0.25, 0.3) is 0 Å². The van der Waals surface area contributed by atoms with Gasteiger partial charge >= 0.3 is 16.3 Å². The molecule has 110 valence electrons. The first-order chi connectivity index (χ1) is 9.42. The number of nitrogen functional groups attached to an aromatic ring is 1. The van der Waals surface area contributed by atoms with Crippen LogP contribution < -0.4 is 10.5 Å². The summed E-state index contributed by atoms with van der Waals surface area (Å²) in [7, 11) is -3.89.